The number of sulfonamides is 1. The van der Waals surface area contributed by atoms with Crippen LogP contribution >= 0.6 is 0 Å². The van der Waals surface area contributed by atoms with Crippen molar-refractivity contribution in [1.82, 2.24) is 9.78 Å². The van der Waals surface area contributed by atoms with Gasteiger partial charge >= 0.3 is 0 Å². The van der Waals surface area contributed by atoms with E-state index in [2.05, 4.69) is 5.10 Å². The van der Waals surface area contributed by atoms with Crippen molar-refractivity contribution >= 4 is 15.8 Å². The molecule has 0 radical (unpaired) electrons. The highest BCUT2D eigenvalue weighted by molar-refractivity contribution is 7.89. The molecule has 2 aromatic rings. The summed E-state index contributed by atoms with van der Waals surface area (Å²) in [6.07, 6.45) is 1.46. The first-order valence-corrected chi connectivity index (χ1v) is 6.06. The quantitative estimate of drug-likeness (QED) is 0.803. The van der Waals surface area contributed by atoms with Crippen LogP contribution in [0.3, 0.4) is 0 Å². The maximum atomic E-state index is 13.7. The van der Waals surface area contributed by atoms with Crippen molar-refractivity contribution in [3.63, 3.8) is 0 Å². The topological polar surface area (TPSA) is 104 Å². The molecule has 0 atom stereocenters. The number of benzene rings is 1. The van der Waals surface area contributed by atoms with E-state index in [4.69, 9.17) is 10.9 Å². The molecule has 0 aliphatic rings. The van der Waals surface area contributed by atoms with E-state index in [0.717, 1.165) is 6.07 Å². The number of aromatic nitrogens is 2. The van der Waals surface area contributed by atoms with E-state index in [1.165, 1.54) is 29.1 Å². The third-order valence-corrected chi connectivity index (χ3v) is 3.02. The predicted molar refractivity (Wildman–Crippen MR) is 59.3 cm³/mol. The zero-order chi connectivity index (χ0) is 12.6. The minimum atomic E-state index is -3.91. The molecule has 4 N–H and O–H groups in total. The maximum absolute atomic E-state index is 13.7. The van der Waals surface area contributed by atoms with E-state index >= 15 is 0 Å². The van der Waals surface area contributed by atoms with Crippen LogP contribution < -0.4 is 10.9 Å². The number of anilines is 1. The summed E-state index contributed by atoms with van der Waals surface area (Å²) in [5, 5.41) is 8.69. The van der Waals surface area contributed by atoms with Gasteiger partial charge in [-0.05, 0) is 18.2 Å². The highest BCUT2D eigenvalue weighted by Crippen LogP contribution is 2.17. The first kappa shape index (κ1) is 11.6. The van der Waals surface area contributed by atoms with Crippen LogP contribution in [0.5, 0.6) is 0 Å². The average molecular weight is 256 g/mol. The second-order valence-corrected chi connectivity index (χ2v) is 4.90. The number of nitrogens with two attached hydrogens (primary N) is 2. The second-order valence-electron chi connectivity index (χ2n) is 3.34. The number of hydrogen-bond donors (Lipinski definition) is 2. The van der Waals surface area contributed by atoms with Crippen LogP contribution in [-0.2, 0) is 10.0 Å². The van der Waals surface area contributed by atoms with E-state index in [9.17, 15) is 12.8 Å². The van der Waals surface area contributed by atoms with Crippen molar-refractivity contribution < 1.29 is 12.8 Å². The van der Waals surface area contributed by atoms with Crippen LogP contribution in [0.1, 0.15) is 0 Å². The molecule has 0 amide bonds. The molecule has 17 heavy (non-hydrogen) atoms. The van der Waals surface area contributed by atoms with Gasteiger partial charge in [-0.25, -0.2) is 22.6 Å². The molecule has 2 rings (SSSR count). The van der Waals surface area contributed by atoms with Gasteiger partial charge in [0.1, 0.15) is 17.3 Å². The summed E-state index contributed by atoms with van der Waals surface area (Å²) >= 11 is 0. The lowest BCUT2D eigenvalue weighted by Gasteiger charge is -2.04. The molecule has 6 nitrogen and oxygen atoms in total. The third kappa shape index (κ3) is 2.27. The van der Waals surface area contributed by atoms with Gasteiger partial charge in [0.15, 0.2) is 0 Å². The van der Waals surface area contributed by atoms with Crippen molar-refractivity contribution in [1.29, 1.82) is 0 Å². The Labute approximate surface area is 96.7 Å². The zero-order valence-corrected chi connectivity index (χ0v) is 9.36. The molecule has 90 valence electrons. The van der Waals surface area contributed by atoms with Crippen LogP contribution in [0, 0.1) is 5.82 Å². The Balaban J connectivity index is 2.53. The molecular formula is C9H9FN4O2S. The van der Waals surface area contributed by atoms with Gasteiger partial charge in [-0.15, -0.1) is 0 Å². The molecule has 0 saturated carbocycles. The fraction of sp³-hybridized carbons (Fsp3) is 0. The summed E-state index contributed by atoms with van der Waals surface area (Å²) in [7, 11) is -3.91. The zero-order valence-electron chi connectivity index (χ0n) is 8.54. The fourth-order valence-electron chi connectivity index (χ4n) is 1.32. The van der Waals surface area contributed by atoms with Crippen molar-refractivity contribution in [3.05, 3.63) is 36.3 Å². The van der Waals surface area contributed by atoms with Crippen molar-refractivity contribution in [3.8, 4) is 5.69 Å². The number of rotatable bonds is 2. The largest absolute Gasteiger partial charge is 0.382 e. The summed E-state index contributed by atoms with van der Waals surface area (Å²) in [4.78, 5) is -0.293. The molecule has 0 unspecified atom stereocenters. The molecule has 0 saturated heterocycles. The lowest BCUT2D eigenvalue weighted by Crippen LogP contribution is -2.13. The minimum Gasteiger partial charge on any atom is -0.382 e. The van der Waals surface area contributed by atoms with Gasteiger partial charge in [-0.1, -0.05) is 0 Å². The summed E-state index contributed by atoms with van der Waals surface area (Å²) < 4.78 is 36.9. The summed E-state index contributed by atoms with van der Waals surface area (Å²) in [6, 6.07) is 4.79. The maximum Gasteiger partial charge on any atom is 0.238 e. The molecule has 0 fully saturated rings. The normalized spacial score (nSPS) is 11.6. The van der Waals surface area contributed by atoms with Crippen LogP contribution in [0.4, 0.5) is 10.2 Å². The monoisotopic (exact) mass is 256 g/mol. The Morgan fingerprint density at radius 1 is 1.29 bits per heavy atom. The van der Waals surface area contributed by atoms with Crippen molar-refractivity contribution in [2.45, 2.75) is 4.90 Å². The Hall–Kier alpha value is -1.93. The second kappa shape index (κ2) is 3.82. The minimum absolute atomic E-state index is 0.0918. The first-order valence-electron chi connectivity index (χ1n) is 4.52. The number of nitrogen functional groups attached to an aromatic ring is 1. The smallest absolute Gasteiger partial charge is 0.238 e. The van der Waals surface area contributed by atoms with E-state index < -0.39 is 15.8 Å². The van der Waals surface area contributed by atoms with Gasteiger partial charge in [0, 0.05) is 12.3 Å². The van der Waals surface area contributed by atoms with Gasteiger partial charge in [0.2, 0.25) is 10.0 Å². The molecule has 0 bridgehead atoms. The van der Waals surface area contributed by atoms with Crippen LogP contribution in [0.25, 0.3) is 5.69 Å². The molecular weight excluding hydrogens is 247 g/mol. The van der Waals surface area contributed by atoms with E-state index in [1.54, 1.807) is 0 Å². The Kier molecular flexibility index (Phi) is 2.60. The number of nitrogens with zero attached hydrogens (tertiary/aromatic N) is 2. The van der Waals surface area contributed by atoms with Gasteiger partial charge < -0.3 is 5.73 Å². The number of primary sulfonamides is 1. The summed E-state index contributed by atoms with van der Waals surface area (Å²) in [6.45, 7) is 0. The van der Waals surface area contributed by atoms with Gasteiger partial charge in [0.25, 0.3) is 0 Å². The third-order valence-electron chi connectivity index (χ3n) is 2.10. The van der Waals surface area contributed by atoms with Crippen LogP contribution in [0.2, 0.25) is 0 Å². The molecule has 1 heterocycles. The lowest BCUT2D eigenvalue weighted by atomic mass is 10.3. The van der Waals surface area contributed by atoms with Gasteiger partial charge in [0.05, 0.1) is 4.90 Å². The molecule has 0 spiro atoms. The number of halogens is 1. The standard InChI is InChI=1S/C9H9FN4O2S/c10-7-5-6(17(12,15)16)1-2-8(7)14-4-3-9(11)13-14/h1-5H,(H2,11,13)(H2,12,15,16). The number of hydrogen-bond acceptors (Lipinski definition) is 4. The Morgan fingerprint density at radius 2 is 2.00 bits per heavy atom. The van der Waals surface area contributed by atoms with E-state index in [-0.39, 0.29) is 16.4 Å². The van der Waals surface area contributed by atoms with Gasteiger partial charge in [-0.2, -0.15) is 5.10 Å². The van der Waals surface area contributed by atoms with E-state index in [0.29, 0.717) is 0 Å². The van der Waals surface area contributed by atoms with Crippen LogP contribution in [-0.4, -0.2) is 18.2 Å². The van der Waals surface area contributed by atoms with Gasteiger partial charge in [-0.3, -0.25) is 0 Å². The lowest BCUT2D eigenvalue weighted by molar-refractivity contribution is 0.588. The summed E-state index contributed by atoms with van der Waals surface area (Å²) in [5.41, 5.74) is 5.49. The Morgan fingerprint density at radius 3 is 2.47 bits per heavy atom. The highest BCUT2D eigenvalue weighted by atomic mass is 32.2. The highest BCUT2D eigenvalue weighted by Gasteiger charge is 2.12. The SMILES string of the molecule is Nc1ccn(-c2ccc(S(N)(=O)=O)cc2F)n1. The molecule has 1 aromatic carbocycles. The van der Waals surface area contributed by atoms with Crippen LogP contribution in [0.15, 0.2) is 35.4 Å². The molecule has 0 aliphatic heterocycles. The summed E-state index contributed by atoms with van der Waals surface area (Å²) in [5.74, 6) is -0.514. The van der Waals surface area contributed by atoms with Crippen molar-refractivity contribution in [2.75, 3.05) is 5.73 Å². The van der Waals surface area contributed by atoms with Crippen molar-refractivity contribution in [2.24, 2.45) is 5.14 Å². The molecule has 0 aliphatic carbocycles. The predicted octanol–water partition coefficient (Wildman–Crippen LogP) is 0.241. The molecule has 8 heteroatoms. The van der Waals surface area contributed by atoms with E-state index in [1.807, 2.05) is 0 Å². The fourth-order valence-corrected chi connectivity index (χ4v) is 1.85. The molecule has 1 aromatic heterocycles. The first-order chi connectivity index (χ1) is 7.88. The Bertz CT molecular complexity index is 665. The average Bonchev–Trinajstić information content (AvgIpc) is 2.63.